The molecule has 1 aromatic heterocycles. The van der Waals surface area contributed by atoms with Crippen molar-refractivity contribution in [3.8, 4) is 11.1 Å². The minimum absolute atomic E-state index is 0.0772. The number of urea groups is 1. The zero-order valence-electron chi connectivity index (χ0n) is 14.9. The molecule has 1 fully saturated rings. The molecule has 2 aromatic rings. The van der Waals surface area contributed by atoms with Gasteiger partial charge in [-0.25, -0.2) is 9.18 Å². The van der Waals surface area contributed by atoms with E-state index in [0.29, 0.717) is 17.2 Å². The Balaban J connectivity index is 1.79. The number of nitrogens with one attached hydrogen (secondary N) is 1. The summed E-state index contributed by atoms with van der Waals surface area (Å²) in [4.78, 5) is 18.4. The topological polar surface area (TPSA) is 45.2 Å². The highest BCUT2D eigenvalue weighted by Crippen LogP contribution is 2.28. The smallest absolute Gasteiger partial charge is 0.322 e. The lowest BCUT2D eigenvalue weighted by molar-refractivity contribution is 0.150. The van der Waals surface area contributed by atoms with Crippen molar-refractivity contribution in [2.45, 2.75) is 39.7 Å². The van der Waals surface area contributed by atoms with Crippen LogP contribution in [0.3, 0.4) is 0 Å². The van der Waals surface area contributed by atoms with Crippen LogP contribution in [0.5, 0.6) is 0 Å². The molecule has 1 aliphatic rings. The highest BCUT2D eigenvalue weighted by atomic mass is 19.1. The molecule has 1 N–H and O–H groups in total. The van der Waals surface area contributed by atoms with Crippen LogP contribution in [0.25, 0.3) is 11.1 Å². The van der Waals surface area contributed by atoms with Gasteiger partial charge in [0.05, 0.1) is 6.20 Å². The molecule has 132 valence electrons. The maximum Gasteiger partial charge on any atom is 0.322 e. The second-order valence-corrected chi connectivity index (χ2v) is 7.02. The Bertz CT molecular complexity index is 777. The van der Waals surface area contributed by atoms with Crippen molar-refractivity contribution < 1.29 is 9.18 Å². The summed E-state index contributed by atoms with van der Waals surface area (Å²) in [7, 11) is 0. The molecule has 0 aliphatic carbocycles. The Morgan fingerprint density at radius 1 is 1.28 bits per heavy atom. The molecule has 1 aliphatic heterocycles. The van der Waals surface area contributed by atoms with E-state index in [1.165, 1.54) is 12.3 Å². The maximum atomic E-state index is 13.5. The zero-order valence-corrected chi connectivity index (χ0v) is 14.9. The number of carbonyl (C=O) groups excluding carboxylic acids is 1. The number of aryl methyl sites for hydroxylation is 1. The molecule has 0 saturated carbocycles. The molecule has 25 heavy (non-hydrogen) atoms. The molecule has 0 bridgehead atoms. The summed E-state index contributed by atoms with van der Waals surface area (Å²) >= 11 is 0. The predicted molar refractivity (Wildman–Crippen MR) is 98.0 cm³/mol. The predicted octanol–water partition coefficient (Wildman–Crippen LogP) is 4.85. The van der Waals surface area contributed by atoms with Gasteiger partial charge in [-0.15, -0.1) is 0 Å². The van der Waals surface area contributed by atoms with Crippen molar-refractivity contribution in [3.05, 3.63) is 48.0 Å². The van der Waals surface area contributed by atoms with Crippen molar-refractivity contribution in [2.75, 3.05) is 11.9 Å². The first-order chi connectivity index (χ1) is 11.9. The minimum Gasteiger partial charge on any atom is -0.322 e. The Kier molecular flexibility index (Phi) is 5.02. The number of carbonyl (C=O) groups is 1. The SMILES string of the molecule is Cc1ccc(NC(=O)N2CC[C@@H](C)C[C@H]2C)cc1-c1cncc(F)c1. The van der Waals surface area contributed by atoms with Gasteiger partial charge in [-0.05, 0) is 61.9 Å². The number of pyridine rings is 1. The quantitative estimate of drug-likeness (QED) is 0.849. The molecule has 2 atom stereocenters. The van der Waals surface area contributed by atoms with Crippen molar-refractivity contribution in [2.24, 2.45) is 5.92 Å². The Morgan fingerprint density at radius 2 is 2.08 bits per heavy atom. The second-order valence-electron chi connectivity index (χ2n) is 7.02. The number of benzene rings is 1. The number of nitrogens with zero attached hydrogens (tertiary/aromatic N) is 2. The number of hydrogen-bond acceptors (Lipinski definition) is 2. The zero-order chi connectivity index (χ0) is 18.0. The van der Waals surface area contributed by atoms with Gasteiger partial charge in [0, 0.05) is 30.0 Å². The van der Waals surface area contributed by atoms with E-state index in [-0.39, 0.29) is 17.9 Å². The van der Waals surface area contributed by atoms with Crippen LogP contribution in [0.4, 0.5) is 14.9 Å². The summed E-state index contributed by atoms with van der Waals surface area (Å²) in [5.74, 6) is 0.285. The van der Waals surface area contributed by atoms with Gasteiger partial charge < -0.3 is 10.2 Å². The first kappa shape index (κ1) is 17.4. The Morgan fingerprint density at radius 3 is 2.80 bits per heavy atom. The summed E-state index contributed by atoms with van der Waals surface area (Å²) < 4.78 is 13.5. The van der Waals surface area contributed by atoms with Gasteiger partial charge in [-0.1, -0.05) is 13.0 Å². The van der Waals surface area contributed by atoms with Gasteiger partial charge in [0.2, 0.25) is 0 Å². The van der Waals surface area contributed by atoms with Gasteiger partial charge in [0.15, 0.2) is 0 Å². The van der Waals surface area contributed by atoms with Crippen molar-refractivity contribution >= 4 is 11.7 Å². The molecule has 0 spiro atoms. The average Bonchev–Trinajstić information content (AvgIpc) is 2.56. The standard InChI is InChI=1S/C20H24FN3O/c1-13-6-7-24(15(3)8-13)20(25)23-18-5-4-14(2)19(10-18)16-9-17(21)12-22-11-16/h4-5,9-13,15H,6-8H2,1-3H3,(H,23,25)/t13-,15-/m1/s1. The molecule has 0 unspecified atom stereocenters. The van der Waals surface area contributed by atoms with E-state index in [0.717, 1.165) is 30.5 Å². The molecule has 5 heteroatoms. The van der Waals surface area contributed by atoms with Gasteiger partial charge in [0.25, 0.3) is 0 Å². The lowest BCUT2D eigenvalue weighted by Crippen LogP contribution is -2.46. The third kappa shape index (κ3) is 3.98. The fourth-order valence-electron chi connectivity index (χ4n) is 3.47. The van der Waals surface area contributed by atoms with E-state index in [9.17, 15) is 9.18 Å². The van der Waals surface area contributed by atoms with Crippen LogP contribution in [0, 0.1) is 18.7 Å². The number of halogens is 1. The fourth-order valence-corrected chi connectivity index (χ4v) is 3.47. The maximum absolute atomic E-state index is 13.5. The number of anilines is 1. The first-order valence-electron chi connectivity index (χ1n) is 8.73. The monoisotopic (exact) mass is 341 g/mol. The fraction of sp³-hybridized carbons (Fsp3) is 0.400. The van der Waals surface area contributed by atoms with Crippen LogP contribution in [-0.4, -0.2) is 28.5 Å². The lowest BCUT2D eigenvalue weighted by atomic mass is 9.94. The number of hydrogen-bond donors (Lipinski definition) is 1. The summed E-state index contributed by atoms with van der Waals surface area (Å²) in [5.41, 5.74) is 3.28. The highest BCUT2D eigenvalue weighted by molar-refractivity contribution is 5.90. The molecule has 3 rings (SSSR count). The van der Waals surface area contributed by atoms with Crippen LogP contribution in [0.15, 0.2) is 36.7 Å². The van der Waals surface area contributed by atoms with E-state index in [1.54, 1.807) is 6.20 Å². The van der Waals surface area contributed by atoms with Gasteiger partial charge in [-0.3, -0.25) is 4.98 Å². The van der Waals surface area contributed by atoms with Crippen molar-refractivity contribution in [1.29, 1.82) is 0 Å². The normalized spacial score (nSPS) is 20.4. The molecule has 1 aromatic carbocycles. The average molecular weight is 341 g/mol. The van der Waals surface area contributed by atoms with E-state index >= 15 is 0 Å². The summed E-state index contributed by atoms with van der Waals surface area (Å²) in [5, 5.41) is 2.98. The molecule has 1 saturated heterocycles. The number of likely N-dealkylation sites (tertiary alicyclic amines) is 1. The number of rotatable bonds is 2. The highest BCUT2D eigenvalue weighted by Gasteiger charge is 2.26. The van der Waals surface area contributed by atoms with Crippen LogP contribution in [-0.2, 0) is 0 Å². The molecule has 0 radical (unpaired) electrons. The van der Waals surface area contributed by atoms with Gasteiger partial charge in [0.1, 0.15) is 5.82 Å². The first-order valence-corrected chi connectivity index (χ1v) is 8.73. The minimum atomic E-state index is -0.373. The number of amides is 2. The van der Waals surface area contributed by atoms with Crippen LogP contribution >= 0.6 is 0 Å². The molecule has 4 nitrogen and oxygen atoms in total. The van der Waals surface area contributed by atoms with Crippen LogP contribution < -0.4 is 5.32 Å². The second kappa shape index (κ2) is 7.21. The van der Waals surface area contributed by atoms with Crippen molar-refractivity contribution in [3.63, 3.8) is 0 Å². The Labute approximate surface area is 148 Å². The lowest BCUT2D eigenvalue weighted by Gasteiger charge is -2.36. The number of piperidine rings is 1. The summed E-state index contributed by atoms with van der Waals surface area (Å²) in [6, 6.07) is 7.29. The van der Waals surface area contributed by atoms with Gasteiger partial charge in [-0.2, -0.15) is 0 Å². The number of aromatic nitrogens is 1. The molecular formula is C20H24FN3O. The third-order valence-electron chi connectivity index (χ3n) is 4.90. The third-order valence-corrected chi connectivity index (χ3v) is 4.90. The molecule has 2 heterocycles. The molecule has 2 amide bonds. The van der Waals surface area contributed by atoms with Crippen LogP contribution in [0.1, 0.15) is 32.3 Å². The Hall–Kier alpha value is -2.43. The molecular weight excluding hydrogens is 317 g/mol. The van der Waals surface area contributed by atoms with E-state index in [4.69, 9.17) is 0 Å². The van der Waals surface area contributed by atoms with E-state index in [2.05, 4.69) is 24.1 Å². The van der Waals surface area contributed by atoms with E-state index in [1.807, 2.05) is 30.0 Å². The largest absolute Gasteiger partial charge is 0.322 e. The summed E-state index contributed by atoms with van der Waals surface area (Å²) in [6.07, 6.45) is 4.88. The van der Waals surface area contributed by atoms with Crippen molar-refractivity contribution in [1.82, 2.24) is 9.88 Å². The van der Waals surface area contributed by atoms with E-state index < -0.39 is 0 Å². The van der Waals surface area contributed by atoms with Crippen LogP contribution in [0.2, 0.25) is 0 Å². The summed E-state index contributed by atoms with van der Waals surface area (Å²) in [6.45, 7) is 7.06. The van der Waals surface area contributed by atoms with Gasteiger partial charge >= 0.3 is 6.03 Å².